The summed E-state index contributed by atoms with van der Waals surface area (Å²) in [5.74, 6) is -1.77. The highest BCUT2D eigenvalue weighted by Gasteiger charge is 2.54. The fraction of sp³-hybridized carbons (Fsp3) is 0.455. The number of nitrogens with one attached hydrogen (secondary N) is 2. The van der Waals surface area contributed by atoms with Crippen LogP contribution in [0.5, 0.6) is 5.75 Å². The molecule has 1 fully saturated rings. The molecule has 11 heteroatoms. The number of carboxylic acids is 1. The van der Waals surface area contributed by atoms with E-state index >= 15 is 0 Å². The van der Waals surface area contributed by atoms with Gasteiger partial charge in [-0.2, -0.15) is 0 Å². The number of rotatable bonds is 6. The number of amides is 3. The van der Waals surface area contributed by atoms with Crippen molar-refractivity contribution in [2.45, 2.75) is 56.0 Å². The maximum Gasteiger partial charge on any atom is 0.408 e. The molecule has 1 aromatic rings. The van der Waals surface area contributed by atoms with Crippen molar-refractivity contribution in [3.8, 4) is 5.75 Å². The van der Waals surface area contributed by atoms with Crippen LogP contribution in [0.15, 0.2) is 36.0 Å². The van der Waals surface area contributed by atoms with Gasteiger partial charge in [-0.3, -0.25) is 14.5 Å². The number of thioether (sulfide) groups is 1. The van der Waals surface area contributed by atoms with Gasteiger partial charge in [0, 0.05) is 5.25 Å². The summed E-state index contributed by atoms with van der Waals surface area (Å²) in [5, 5.41) is 13.9. The fourth-order valence-electron chi connectivity index (χ4n) is 3.49. The average Bonchev–Trinajstić information content (AvgIpc) is 2.73. The molecule has 178 valence electrons. The lowest BCUT2D eigenvalue weighted by molar-refractivity contribution is -0.150. The first-order valence-electron chi connectivity index (χ1n) is 10.3. The van der Waals surface area contributed by atoms with Crippen molar-refractivity contribution in [1.29, 1.82) is 0 Å². The molecule has 3 N–H and O–H groups in total. The van der Waals surface area contributed by atoms with Crippen molar-refractivity contribution in [2.75, 3.05) is 7.11 Å². The van der Waals surface area contributed by atoms with Gasteiger partial charge in [-0.15, -0.1) is 11.8 Å². The van der Waals surface area contributed by atoms with Crippen molar-refractivity contribution in [2.24, 2.45) is 0 Å². The number of ether oxygens (including phenoxy) is 2. The third kappa shape index (κ3) is 5.41. The standard InChI is InChI=1S/C22H27N3O7S/c1-11-10-14(20(28)29)25-18(27)16(19(25)33-11)23-17(26)15(24-21(30)32-22(2,3)4)12-6-8-13(31-5)9-7-12/h6-11,15-16,19H,1-5H3,(H,23,26)(H,24,30)(H,28,29)/t11?,15?,16?,19-/m0/s1. The summed E-state index contributed by atoms with van der Waals surface area (Å²) >= 11 is 1.37. The molecule has 0 saturated carbocycles. The zero-order chi connectivity index (χ0) is 24.5. The molecule has 3 rings (SSSR count). The molecule has 10 nitrogen and oxygen atoms in total. The Hall–Kier alpha value is -3.21. The van der Waals surface area contributed by atoms with Gasteiger partial charge in [-0.1, -0.05) is 12.1 Å². The topological polar surface area (TPSA) is 134 Å². The third-order valence-electron chi connectivity index (χ3n) is 4.94. The SMILES string of the molecule is COc1ccc(C(NC(=O)OC(C)(C)C)C(=O)NC2C(=O)N3C(C(=O)O)=CC(C)S[C@@H]23)cc1. The number of fused-ring (bicyclic) bond motifs is 1. The Morgan fingerprint density at radius 1 is 1.18 bits per heavy atom. The Kier molecular flexibility index (Phi) is 6.92. The number of benzene rings is 1. The van der Waals surface area contributed by atoms with Gasteiger partial charge in [0.25, 0.3) is 5.91 Å². The third-order valence-corrected chi connectivity index (χ3v) is 6.27. The van der Waals surface area contributed by atoms with Crippen molar-refractivity contribution in [3.05, 3.63) is 41.6 Å². The summed E-state index contributed by atoms with van der Waals surface area (Å²) in [6.07, 6.45) is 0.709. The van der Waals surface area contributed by atoms with Crippen LogP contribution in [0, 0.1) is 0 Å². The van der Waals surface area contributed by atoms with Crippen LogP contribution in [0.4, 0.5) is 4.79 Å². The number of hydrogen-bond acceptors (Lipinski definition) is 7. The van der Waals surface area contributed by atoms with E-state index in [-0.39, 0.29) is 10.9 Å². The van der Waals surface area contributed by atoms with Crippen LogP contribution in [-0.2, 0) is 19.1 Å². The zero-order valence-electron chi connectivity index (χ0n) is 18.9. The smallest absolute Gasteiger partial charge is 0.408 e. The van der Waals surface area contributed by atoms with Gasteiger partial charge in [0.15, 0.2) is 0 Å². The van der Waals surface area contributed by atoms with Gasteiger partial charge in [-0.25, -0.2) is 9.59 Å². The van der Waals surface area contributed by atoms with Crippen LogP contribution < -0.4 is 15.4 Å². The van der Waals surface area contributed by atoms with Crippen molar-refractivity contribution >= 4 is 35.6 Å². The molecule has 1 aromatic carbocycles. The first kappa shape index (κ1) is 24.4. The highest BCUT2D eigenvalue weighted by atomic mass is 32.2. The summed E-state index contributed by atoms with van der Waals surface area (Å²) in [5.41, 5.74) is -0.414. The van der Waals surface area contributed by atoms with Crippen LogP contribution in [0.1, 0.15) is 39.3 Å². The molecule has 0 radical (unpaired) electrons. The molecule has 0 aromatic heterocycles. The molecule has 3 amide bonds. The molecule has 0 aliphatic carbocycles. The van der Waals surface area contributed by atoms with Gasteiger partial charge in [0.05, 0.1) is 7.11 Å². The number of aliphatic carboxylic acids is 1. The summed E-state index contributed by atoms with van der Waals surface area (Å²) in [6.45, 7) is 6.92. The summed E-state index contributed by atoms with van der Waals surface area (Å²) in [6, 6.07) is 4.47. The zero-order valence-corrected chi connectivity index (χ0v) is 19.8. The molecule has 2 aliphatic heterocycles. The maximum atomic E-state index is 13.2. The van der Waals surface area contributed by atoms with Crippen LogP contribution in [0.3, 0.4) is 0 Å². The lowest BCUT2D eigenvalue weighted by Crippen LogP contribution is -2.71. The number of β-lactam (4-membered cyclic amide) rings is 1. The predicted octanol–water partition coefficient (Wildman–Crippen LogP) is 2.02. The molecule has 33 heavy (non-hydrogen) atoms. The summed E-state index contributed by atoms with van der Waals surface area (Å²) < 4.78 is 10.4. The van der Waals surface area contributed by atoms with Crippen molar-refractivity contribution in [1.82, 2.24) is 15.5 Å². The van der Waals surface area contributed by atoms with Gasteiger partial charge >= 0.3 is 12.1 Å². The van der Waals surface area contributed by atoms with Crippen LogP contribution in [-0.4, -0.2) is 63.3 Å². The Morgan fingerprint density at radius 2 is 1.82 bits per heavy atom. The fourth-order valence-corrected chi connectivity index (χ4v) is 4.82. The lowest BCUT2D eigenvalue weighted by Gasteiger charge is -2.49. The highest BCUT2D eigenvalue weighted by Crippen LogP contribution is 2.40. The molecule has 2 heterocycles. The van der Waals surface area contributed by atoms with E-state index in [1.165, 1.54) is 29.8 Å². The number of nitrogens with zero attached hydrogens (tertiary/aromatic N) is 1. The molecule has 0 spiro atoms. The molecule has 1 saturated heterocycles. The van der Waals surface area contributed by atoms with Gasteiger partial charge in [0.1, 0.15) is 34.5 Å². The van der Waals surface area contributed by atoms with E-state index in [1.54, 1.807) is 45.0 Å². The molecular formula is C22H27N3O7S. The second-order valence-electron chi connectivity index (χ2n) is 8.64. The molecular weight excluding hydrogens is 450 g/mol. The quantitative estimate of drug-likeness (QED) is 0.530. The van der Waals surface area contributed by atoms with E-state index in [9.17, 15) is 24.3 Å². The number of alkyl carbamates (subject to hydrolysis) is 1. The largest absolute Gasteiger partial charge is 0.497 e. The summed E-state index contributed by atoms with van der Waals surface area (Å²) in [4.78, 5) is 51.0. The van der Waals surface area contributed by atoms with E-state index in [4.69, 9.17) is 9.47 Å². The van der Waals surface area contributed by atoms with Gasteiger partial charge in [0.2, 0.25) is 5.91 Å². The normalized spacial score (nSPS) is 22.8. The first-order chi connectivity index (χ1) is 15.4. The molecule has 3 unspecified atom stereocenters. The van der Waals surface area contributed by atoms with Crippen LogP contribution >= 0.6 is 11.8 Å². The Labute approximate surface area is 195 Å². The Bertz CT molecular complexity index is 987. The Balaban J connectivity index is 1.80. The van der Waals surface area contributed by atoms with Crippen molar-refractivity contribution < 1.29 is 33.8 Å². The second kappa shape index (κ2) is 9.34. The minimum atomic E-state index is -1.20. The van der Waals surface area contributed by atoms with Gasteiger partial charge in [-0.05, 0) is 51.5 Å². The monoisotopic (exact) mass is 477 g/mol. The highest BCUT2D eigenvalue weighted by molar-refractivity contribution is 8.00. The van der Waals surface area contributed by atoms with E-state index in [0.717, 1.165) is 0 Å². The van der Waals surface area contributed by atoms with E-state index in [0.29, 0.717) is 11.3 Å². The van der Waals surface area contributed by atoms with E-state index in [2.05, 4.69) is 10.6 Å². The molecule has 2 aliphatic rings. The number of carboxylic acid groups (broad SMARTS) is 1. The second-order valence-corrected chi connectivity index (χ2v) is 10.1. The van der Waals surface area contributed by atoms with E-state index < -0.39 is 46.9 Å². The predicted molar refractivity (Wildman–Crippen MR) is 120 cm³/mol. The molecule has 0 bridgehead atoms. The minimum absolute atomic E-state index is 0.0969. The first-order valence-corrected chi connectivity index (χ1v) is 11.2. The lowest BCUT2D eigenvalue weighted by atomic mass is 10.0. The Morgan fingerprint density at radius 3 is 2.36 bits per heavy atom. The number of methoxy groups -OCH3 is 1. The maximum absolute atomic E-state index is 13.2. The van der Waals surface area contributed by atoms with Crippen LogP contribution in [0.25, 0.3) is 0 Å². The number of carbonyl (C=O) groups excluding carboxylic acids is 3. The number of carbonyl (C=O) groups is 4. The summed E-state index contributed by atoms with van der Waals surface area (Å²) in [7, 11) is 1.51. The molecule has 4 atom stereocenters. The van der Waals surface area contributed by atoms with Crippen molar-refractivity contribution in [3.63, 3.8) is 0 Å². The van der Waals surface area contributed by atoms with E-state index in [1.807, 2.05) is 6.92 Å². The number of hydrogen-bond donors (Lipinski definition) is 3. The minimum Gasteiger partial charge on any atom is -0.497 e. The van der Waals surface area contributed by atoms with Gasteiger partial charge < -0.3 is 25.2 Å². The average molecular weight is 478 g/mol. The van der Waals surface area contributed by atoms with Crippen LogP contribution in [0.2, 0.25) is 0 Å².